The number of carbonyl (C=O) groups excluding carboxylic acids is 1. The number of nitrogens with zero attached hydrogens (tertiary/aromatic N) is 2. The minimum absolute atomic E-state index is 0.272. The second-order valence-electron chi connectivity index (χ2n) is 7.59. The highest BCUT2D eigenvalue weighted by molar-refractivity contribution is 5.92. The van der Waals surface area contributed by atoms with Crippen LogP contribution in [0, 0.1) is 0 Å². The maximum absolute atomic E-state index is 11.8. The minimum atomic E-state index is -0.272. The fraction of sp³-hybridized carbons (Fsp3) is 0.240. The van der Waals surface area contributed by atoms with Crippen LogP contribution in [0.3, 0.4) is 0 Å². The van der Waals surface area contributed by atoms with Gasteiger partial charge in [0.1, 0.15) is 35.9 Å². The van der Waals surface area contributed by atoms with E-state index in [2.05, 4.69) is 21.4 Å². The van der Waals surface area contributed by atoms with Crippen LogP contribution in [-0.2, 0) is 12.8 Å². The van der Waals surface area contributed by atoms with E-state index in [-0.39, 0.29) is 11.6 Å². The number of oxazole rings is 1. The fourth-order valence-corrected chi connectivity index (χ4v) is 3.75. The Morgan fingerprint density at radius 1 is 1.06 bits per heavy atom. The Morgan fingerprint density at radius 2 is 1.94 bits per heavy atom. The minimum Gasteiger partial charge on any atom is -0.486 e. The van der Waals surface area contributed by atoms with E-state index in [1.165, 1.54) is 6.20 Å². The molecule has 2 aromatic heterocycles. The summed E-state index contributed by atoms with van der Waals surface area (Å²) in [7, 11) is 1.56. The summed E-state index contributed by atoms with van der Waals surface area (Å²) < 4.78 is 23.3. The summed E-state index contributed by atoms with van der Waals surface area (Å²) in [6.45, 7) is 1.16. The number of carbonyl (C=O) groups is 1. The van der Waals surface area contributed by atoms with Gasteiger partial charge in [-0.1, -0.05) is 12.1 Å². The standard InChI is InChI=1S/C25H23N3O5/c1-26-25(29)20-14-18(10-11-27-20)32-17-8-9-19-22(15-17)33-23(28-19)7-3-5-16-4-2-6-21-24(16)31-13-12-30-21/h2,4,6,8-11,14-15H,3,5,7,12-13H2,1H3,(H,26,29). The third-order valence-corrected chi connectivity index (χ3v) is 5.32. The molecule has 0 radical (unpaired) electrons. The highest BCUT2D eigenvalue weighted by atomic mass is 16.6. The number of aryl methyl sites for hydroxylation is 2. The van der Waals surface area contributed by atoms with E-state index in [9.17, 15) is 4.79 Å². The second kappa shape index (κ2) is 9.20. The number of hydrogen-bond donors (Lipinski definition) is 1. The van der Waals surface area contributed by atoms with Crippen LogP contribution in [0.15, 0.2) is 59.1 Å². The van der Waals surface area contributed by atoms with Crippen molar-refractivity contribution in [3.8, 4) is 23.0 Å². The van der Waals surface area contributed by atoms with Gasteiger partial charge in [-0.3, -0.25) is 9.78 Å². The van der Waals surface area contributed by atoms with Crippen molar-refractivity contribution in [1.82, 2.24) is 15.3 Å². The highest BCUT2D eigenvalue weighted by Gasteiger charge is 2.16. The predicted octanol–water partition coefficient (Wildman–Crippen LogP) is 4.32. The third kappa shape index (κ3) is 4.59. The first-order valence-electron chi connectivity index (χ1n) is 10.8. The van der Waals surface area contributed by atoms with Crippen molar-refractivity contribution in [1.29, 1.82) is 0 Å². The molecule has 1 aliphatic heterocycles. The molecule has 0 saturated carbocycles. The zero-order valence-corrected chi connectivity index (χ0v) is 18.2. The molecule has 4 aromatic rings. The van der Waals surface area contributed by atoms with Crippen LogP contribution in [0.1, 0.15) is 28.4 Å². The van der Waals surface area contributed by atoms with E-state index in [4.69, 9.17) is 18.6 Å². The number of pyridine rings is 1. The Labute approximate surface area is 190 Å². The molecule has 0 atom stereocenters. The Balaban J connectivity index is 1.25. The Hall–Kier alpha value is -4.07. The Bertz CT molecular complexity index is 1300. The summed E-state index contributed by atoms with van der Waals surface area (Å²) in [6.07, 6.45) is 3.95. The number of hydrogen-bond acceptors (Lipinski definition) is 7. The maximum Gasteiger partial charge on any atom is 0.269 e. The lowest BCUT2D eigenvalue weighted by Crippen LogP contribution is -2.18. The molecule has 1 N–H and O–H groups in total. The van der Waals surface area contributed by atoms with Crippen LogP contribution in [0.5, 0.6) is 23.0 Å². The number of aromatic nitrogens is 2. The third-order valence-electron chi connectivity index (χ3n) is 5.32. The van der Waals surface area contributed by atoms with Gasteiger partial charge in [-0.05, 0) is 42.7 Å². The molecule has 0 unspecified atom stereocenters. The van der Waals surface area contributed by atoms with Crippen molar-refractivity contribution >= 4 is 17.0 Å². The Kier molecular flexibility index (Phi) is 5.80. The number of benzene rings is 2. The van der Waals surface area contributed by atoms with Gasteiger partial charge in [-0.25, -0.2) is 4.98 Å². The molecule has 8 nitrogen and oxygen atoms in total. The van der Waals surface area contributed by atoms with Gasteiger partial charge in [0.15, 0.2) is 23.0 Å². The summed E-state index contributed by atoms with van der Waals surface area (Å²) in [4.78, 5) is 20.4. The molecule has 1 aliphatic rings. The lowest BCUT2D eigenvalue weighted by molar-refractivity contribution is 0.0958. The molecular formula is C25H23N3O5. The molecule has 2 aromatic carbocycles. The average molecular weight is 445 g/mol. The van der Waals surface area contributed by atoms with E-state index >= 15 is 0 Å². The van der Waals surface area contributed by atoms with Gasteiger partial charge in [-0.2, -0.15) is 0 Å². The lowest BCUT2D eigenvalue weighted by atomic mass is 10.1. The molecule has 3 heterocycles. The van der Waals surface area contributed by atoms with Crippen molar-refractivity contribution in [3.05, 3.63) is 71.9 Å². The molecule has 0 spiro atoms. The SMILES string of the molecule is CNC(=O)c1cc(Oc2ccc3nc(CCCc4cccc5c4OCCO5)oc3c2)ccn1. The number of ether oxygens (including phenoxy) is 3. The van der Waals surface area contributed by atoms with E-state index in [0.29, 0.717) is 42.6 Å². The molecule has 0 bridgehead atoms. The molecule has 5 rings (SSSR count). The summed E-state index contributed by atoms with van der Waals surface area (Å²) in [6, 6.07) is 14.8. The van der Waals surface area contributed by atoms with Gasteiger partial charge in [0, 0.05) is 31.8 Å². The van der Waals surface area contributed by atoms with Gasteiger partial charge in [-0.15, -0.1) is 0 Å². The second-order valence-corrected chi connectivity index (χ2v) is 7.59. The number of para-hydroxylation sites is 1. The molecule has 8 heteroatoms. The molecule has 1 amide bonds. The van der Waals surface area contributed by atoms with Gasteiger partial charge in [0.2, 0.25) is 0 Å². The van der Waals surface area contributed by atoms with Crippen LogP contribution in [0.2, 0.25) is 0 Å². The monoisotopic (exact) mass is 445 g/mol. The molecule has 33 heavy (non-hydrogen) atoms. The quantitative estimate of drug-likeness (QED) is 0.453. The normalized spacial score (nSPS) is 12.5. The highest BCUT2D eigenvalue weighted by Crippen LogP contribution is 2.34. The van der Waals surface area contributed by atoms with Gasteiger partial charge < -0.3 is 23.9 Å². The fourth-order valence-electron chi connectivity index (χ4n) is 3.75. The molecule has 0 aliphatic carbocycles. The lowest BCUT2D eigenvalue weighted by Gasteiger charge is -2.20. The first-order chi connectivity index (χ1) is 16.2. The van der Waals surface area contributed by atoms with Gasteiger partial charge in [0.05, 0.1) is 0 Å². The van der Waals surface area contributed by atoms with Crippen LogP contribution >= 0.6 is 0 Å². The number of nitrogens with one attached hydrogen (secondary N) is 1. The largest absolute Gasteiger partial charge is 0.486 e. The first-order valence-corrected chi connectivity index (χ1v) is 10.8. The van der Waals surface area contributed by atoms with E-state index < -0.39 is 0 Å². The summed E-state index contributed by atoms with van der Waals surface area (Å²) in [5.74, 6) is 3.16. The zero-order valence-electron chi connectivity index (χ0n) is 18.2. The molecule has 0 saturated heterocycles. The van der Waals surface area contributed by atoms with Crippen molar-refractivity contribution in [2.24, 2.45) is 0 Å². The first kappa shape index (κ1) is 20.8. The number of amides is 1. The number of fused-ring (bicyclic) bond motifs is 2. The maximum atomic E-state index is 11.8. The van der Waals surface area contributed by atoms with E-state index in [1.807, 2.05) is 24.3 Å². The van der Waals surface area contributed by atoms with Crippen molar-refractivity contribution in [2.75, 3.05) is 20.3 Å². The smallest absolute Gasteiger partial charge is 0.269 e. The molecular weight excluding hydrogens is 422 g/mol. The van der Waals surface area contributed by atoms with Crippen molar-refractivity contribution in [2.45, 2.75) is 19.3 Å². The van der Waals surface area contributed by atoms with Crippen molar-refractivity contribution in [3.63, 3.8) is 0 Å². The average Bonchev–Trinajstić information content (AvgIpc) is 3.26. The summed E-state index contributed by atoms with van der Waals surface area (Å²) in [5, 5.41) is 2.55. The summed E-state index contributed by atoms with van der Waals surface area (Å²) in [5.41, 5.74) is 2.84. The van der Waals surface area contributed by atoms with Crippen LogP contribution in [-0.4, -0.2) is 36.1 Å². The van der Waals surface area contributed by atoms with Crippen LogP contribution in [0.4, 0.5) is 0 Å². The van der Waals surface area contributed by atoms with Gasteiger partial charge >= 0.3 is 0 Å². The van der Waals surface area contributed by atoms with Crippen LogP contribution in [0.25, 0.3) is 11.1 Å². The molecule has 168 valence electrons. The molecule has 0 fully saturated rings. The van der Waals surface area contributed by atoms with Crippen LogP contribution < -0.4 is 19.5 Å². The topological polar surface area (TPSA) is 95.7 Å². The van der Waals surface area contributed by atoms with Crippen molar-refractivity contribution < 1.29 is 23.4 Å². The summed E-state index contributed by atoms with van der Waals surface area (Å²) >= 11 is 0. The Morgan fingerprint density at radius 3 is 2.85 bits per heavy atom. The predicted molar refractivity (Wildman–Crippen MR) is 121 cm³/mol. The van der Waals surface area contributed by atoms with E-state index in [1.54, 1.807) is 25.2 Å². The number of rotatable bonds is 7. The van der Waals surface area contributed by atoms with E-state index in [0.717, 1.165) is 35.4 Å². The van der Waals surface area contributed by atoms with Gasteiger partial charge in [0.25, 0.3) is 5.91 Å². The zero-order chi connectivity index (χ0) is 22.6.